The van der Waals surface area contributed by atoms with Crippen molar-refractivity contribution in [1.29, 1.82) is 0 Å². The van der Waals surface area contributed by atoms with Crippen molar-refractivity contribution in [2.45, 2.75) is 6.92 Å². The third-order valence-corrected chi connectivity index (χ3v) is 0.359. The summed E-state index contributed by atoms with van der Waals surface area (Å²) in [6, 6.07) is 0. The Balaban J connectivity index is 3.68. The maximum absolute atomic E-state index is 9.76. The molecule has 0 aromatic rings. The van der Waals surface area contributed by atoms with Gasteiger partial charge in [-0.1, -0.05) is 0 Å². The van der Waals surface area contributed by atoms with Gasteiger partial charge in [0.2, 0.25) is 0 Å². The maximum Gasteiger partial charge on any atom is 0.543 e. The molecule has 0 bridgehead atoms. The van der Waals surface area contributed by atoms with Crippen LogP contribution in [0.1, 0.15) is 6.92 Å². The number of hydrogen-bond donors (Lipinski definition) is 1. The number of nitrogens with two attached hydrogens (primary N) is 1. The molecule has 0 rings (SSSR count). The minimum atomic E-state index is -0.750. The van der Waals surface area contributed by atoms with Gasteiger partial charge in [0.25, 0.3) is 0 Å². The van der Waals surface area contributed by atoms with Crippen molar-refractivity contribution >= 4 is 5.97 Å². The van der Waals surface area contributed by atoms with Gasteiger partial charge < -0.3 is 10.8 Å². The average molecular weight is 102 g/mol. The average Bonchev–Trinajstić information content (AvgIpc) is 1.27. The topological polar surface area (TPSA) is 66.0 Å². The SMILES string of the molecule is C/C(N)=C/C(=O)[OH2+]. The first kappa shape index (κ1) is 6.01. The van der Waals surface area contributed by atoms with Gasteiger partial charge in [-0.25, -0.2) is 0 Å². The lowest BCUT2D eigenvalue weighted by Crippen LogP contribution is -1.96. The second-order valence-corrected chi connectivity index (χ2v) is 1.25. The van der Waals surface area contributed by atoms with Gasteiger partial charge in [-0.15, -0.1) is 0 Å². The second kappa shape index (κ2) is 2.23. The smallest absolute Gasteiger partial charge is 0.543 e. The van der Waals surface area contributed by atoms with E-state index in [9.17, 15) is 4.79 Å². The fourth-order valence-electron chi connectivity index (χ4n) is 0.207. The molecule has 7 heavy (non-hydrogen) atoms. The van der Waals surface area contributed by atoms with Crippen LogP contribution >= 0.6 is 0 Å². The van der Waals surface area contributed by atoms with Crippen molar-refractivity contribution in [1.82, 2.24) is 0 Å². The zero-order chi connectivity index (χ0) is 5.86. The molecule has 0 heterocycles. The molecule has 0 radical (unpaired) electrons. The molecule has 0 fully saturated rings. The maximum atomic E-state index is 9.76. The first-order valence-corrected chi connectivity index (χ1v) is 1.82. The van der Waals surface area contributed by atoms with Crippen molar-refractivity contribution < 1.29 is 9.90 Å². The first-order chi connectivity index (χ1) is 3.13. The van der Waals surface area contributed by atoms with Crippen LogP contribution in [-0.4, -0.2) is 11.1 Å². The van der Waals surface area contributed by atoms with Gasteiger partial charge in [0, 0.05) is 10.5 Å². The Labute approximate surface area is 41.4 Å². The summed E-state index contributed by atoms with van der Waals surface area (Å²) in [5.41, 5.74) is 5.39. The van der Waals surface area contributed by atoms with E-state index < -0.39 is 5.97 Å². The number of carbonyl (C=O) groups is 1. The Morgan fingerprint density at radius 1 is 1.86 bits per heavy atom. The fourth-order valence-corrected chi connectivity index (χ4v) is 0.207. The summed E-state index contributed by atoms with van der Waals surface area (Å²) < 4.78 is 0. The van der Waals surface area contributed by atoms with Crippen LogP contribution in [0.4, 0.5) is 0 Å². The minimum Gasteiger partial charge on any atom is -0.561 e. The van der Waals surface area contributed by atoms with Gasteiger partial charge in [-0.05, 0) is 6.92 Å². The molecule has 3 nitrogen and oxygen atoms in total. The molecule has 4 N–H and O–H groups in total. The van der Waals surface area contributed by atoms with E-state index in [2.05, 4.69) is 0 Å². The molecule has 0 saturated carbocycles. The molecule has 0 spiro atoms. The summed E-state index contributed by atoms with van der Waals surface area (Å²) in [5.74, 6) is -0.750. The highest BCUT2D eigenvalue weighted by Crippen LogP contribution is 1.75. The number of hydrogen-bond acceptors (Lipinski definition) is 2. The summed E-state index contributed by atoms with van der Waals surface area (Å²) in [5, 5.41) is 6.31. The highest BCUT2D eigenvalue weighted by Gasteiger charge is 1.95. The predicted molar refractivity (Wildman–Crippen MR) is 26.6 cm³/mol. The quantitative estimate of drug-likeness (QED) is 0.344. The van der Waals surface area contributed by atoms with Crippen LogP contribution < -0.4 is 5.73 Å². The van der Waals surface area contributed by atoms with Crippen molar-refractivity contribution in [3.8, 4) is 0 Å². The van der Waals surface area contributed by atoms with E-state index in [0.29, 0.717) is 5.70 Å². The normalized spacial score (nSPS) is 11.3. The number of rotatable bonds is 1. The molecular weight excluding hydrogens is 94.0 g/mol. The molecule has 0 saturated heterocycles. The molecule has 0 aromatic carbocycles. The van der Waals surface area contributed by atoms with E-state index in [4.69, 9.17) is 10.8 Å². The largest absolute Gasteiger partial charge is 0.561 e. The molecule has 0 unspecified atom stereocenters. The number of allylic oxidation sites excluding steroid dienone is 1. The van der Waals surface area contributed by atoms with Crippen LogP contribution in [0.2, 0.25) is 0 Å². The molecule has 0 atom stereocenters. The molecular formula is C4H8NO2+. The molecule has 0 amide bonds. The van der Waals surface area contributed by atoms with Gasteiger partial charge in [0.1, 0.15) is 6.08 Å². The Bertz CT molecular complexity index is 102. The Kier molecular flexibility index (Phi) is 1.91. The van der Waals surface area contributed by atoms with Crippen LogP contribution in [0.25, 0.3) is 0 Å². The van der Waals surface area contributed by atoms with E-state index in [1.807, 2.05) is 0 Å². The van der Waals surface area contributed by atoms with Crippen LogP contribution in [0.15, 0.2) is 11.8 Å². The van der Waals surface area contributed by atoms with Crippen LogP contribution in [0, 0.1) is 0 Å². The molecule has 0 aliphatic rings. The molecule has 40 valence electrons. The molecule has 0 aliphatic heterocycles. The molecule has 0 aliphatic carbocycles. The lowest BCUT2D eigenvalue weighted by Gasteiger charge is -1.77. The second-order valence-electron chi connectivity index (χ2n) is 1.25. The van der Waals surface area contributed by atoms with Gasteiger partial charge >= 0.3 is 5.97 Å². The van der Waals surface area contributed by atoms with E-state index in [1.54, 1.807) is 6.92 Å². The van der Waals surface area contributed by atoms with Crippen molar-refractivity contribution in [2.24, 2.45) is 5.73 Å². The van der Waals surface area contributed by atoms with E-state index in [-0.39, 0.29) is 0 Å². The van der Waals surface area contributed by atoms with Crippen LogP contribution in [0.3, 0.4) is 0 Å². The summed E-state index contributed by atoms with van der Waals surface area (Å²) >= 11 is 0. The highest BCUT2D eigenvalue weighted by molar-refractivity contribution is 5.80. The zero-order valence-corrected chi connectivity index (χ0v) is 4.06. The zero-order valence-electron chi connectivity index (χ0n) is 4.06. The minimum absolute atomic E-state index is 0.375. The monoisotopic (exact) mass is 102 g/mol. The van der Waals surface area contributed by atoms with Crippen LogP contribution in [-0.2, 0) is 4.79 Å². The van der Waals surface area contributed by atoms with Gasteiger partial charge in [0.15, 0.2) is 0 Å². The Morgan fingerprint density at radius 2 is 2.29 bits per heavy atom. The Hall–Kier alpha value is -0.990. The van der Waals surface area contributed by atoms with Gasteiger partial charge in [-0.2, -0.15) is 0 Å². The van der Waals surface area contributed by atoms with E-state index >= 15 is 0 Å². The van der Waals surface area contributed by atoms with Crippen molar-refractivity contribution in [2.75, 3.05) is 0 Å². The summed E-state index contributed by atoms with van der Waals surface area (Å²) in [7, 11) is 0. The third-order valence-electron chi connectivity index (χ3n) is 0.359. The summed E-state index contributed by atoms with van der Waals surface area (Å²) in [4.78, 5) is 9.76. The van der Waals surface area contributed by atoms with Crippen molar-refractivity contribution in [3.05, 3.63) is 11.8 Å². The Morgan fingerprint density at radius 3 is 2.29 bits per heavy atom. The summed E-state index contributed by atoms with van der Waals surface area (Å²) in [6.07, 6.45) is 1.06. The molecule has 0 aromatic heterocycles. The lowest BCUT2D eigenvalue weighted by atomic mass is 10.5. The first-order valence-electron chi connectivity index (χ1n) is 1.82. The lowest BCUT2D eigenvalue weighted by molar-refractivity contribution is -0.131. The van der Waals surface area contributed by atoms with Crippen molar-refractivity contribution in [3.63, 3.8) is 0 Å². The summed E-state index contributed by atoms with van der Waals surface area (Å²) in [6.45, 7) is 1.56. The van der Waals surface area contributed by atoms with Gasteiger partial charge in [0.05, 0.1) is 0 Å². The van der Waals surface area contributed by atoms with Gasteiger partial charge in [-0.3, -0.25) is 0 Å². The standard InChI is InChI=1S/C4H7NO2/c1-3(5)2-4(6)7/h2H,5H2,1H3,(H,6,7)/p+1/b3-2-. The molecule has 3 heteroatoms. The predicted octanol–water partition coefficient (Wildman–Crippen LogP) is -0.900. The highest BCUT2D eigenvalue weighted by atomic mass is 16.4. The van der Waals surface area contributed by atoms with Crippen LogP contribution in [0.5, 0.6) is 0 Å². The van der Waals surface area contributed by atoms with E-state index in [0.717, 1.165) is 6.08 Å². The van der Waals surface area contributed by atoms with E-state index in [1.165, 1.54) is 0 Å². The number of carbonyl (C=O) groups excluding carboxylic acids is 1. The fraction of sp³-hybridized carbons (Fsp3) is 0.250. The third kappa shape index (κ3) is 5.01.